The van der Waals surface area contributed by atoms with Crippen molar-refractivity contribution in [3.8, 4) is 0 Å². The zero-order valence-electron chi connectivity index (χ0n) is 13.3. The summed E-state index contributed by atoms with van der Waals surface area (Å²) in [6.45, 7) is 4.48. The predicted molar refractivity (Wildman–Crippen MR) is 104 cm³/mol. The SMILES string of the molecule is CN=C(NCCCCSC)NCC1CCC(C)CC1.I. The molecule has 0 aromatic carbocycles. The van der Waals surface area contributed by atoms with Gasteiger partial charge in [-0.05, 0) is 49.5 Å². The Bertz CT molecular complexity index is 254. The van der Waals surface area contributed by atoms with Gasteiger partial charge in [-0.2, -0.15) is 11.8 Å². The van der Waals surface area contributed by atoms with Gasteiger partial charge in [0.05, 0.1) is 0 Å². The van der Waals surface area contributed by atoms with Crippen LogP contribution in [0.15, 0.2) is 4.99 Å². The number of guanidine groups is 1. The van der Waals surface area contributed by atoms with Crippen LogP contribution < -0.4 is 10.6 Å². The molecular formula is C15H32IN3S. The lowest BCUT2D eigenvalue weighted by Gasteiger charge is -2.26. The first-order valence-corrected chi connectivity index (χ1v) is 9.09. The first kappa shape index (κ1) is 20.3. The lowest BCUT2D eigenvalue weighted by molar-refractivity contribution is 0.289. The summed E-state index contributed by atoms with van der Waals surface area (Å²) in [5.41, 5.74) is 0. The Kier molecular flexibility index (Phi) is 13.3. The average molecular weight is 413 g/mol. The molecule has 0 saturated heterocycles. The summed E-state index contributed by atoms with van der Waals surface area (Å²) in [5.74, 6) is 4.01. The number of hydrogen-bond acceptors (Lipinski definition) is 2. The van der Waals surface area contributed by atoms with E-state index in [0.717, 1.165) is 30.9 Å². The van der Waals surface area contributed by atoms with Gasteiger partial charge >= 0.3 is 0 Å². The maximum Gasteiger partial charge on any atom is 0.190 e. The molecule has 0 unspecified atom stereocenters. The summed E-state index contributed by atoms with van der Waals surface area (Å²) in [6.07, 6.45) is 10.2. The topological polar surface area (TPSA) is 36.4 Å². The number of thioether (sulfide) groups is 1. The molecule has 20 heavy (non-hydrogen) atoms. The van der Waals surface area contributed by atoms with Crippen LogP contribution in [0.3, 0.4) is 0 Å². The Morgan fingerprint density at radius 1 is 1.15 bits per heavy atom. The van der Waals surface area contributed by atoms with E-state index in [1.807, 2.05) is 18.8 Å². The fourth-order valence-electron chi connectivity index (χ4n) is 2.57. The van der Waals surface area contributed by atoms with E-state index < -0.39 is 0 Å². The summed E-state index contributed by atoms with van der Waals surface area (Å²) < 4.78 is 0. The van der Waals surface area contributed by atoms with Crippen molar-refractivity contribution in [1.29, 1.82) is 0 Å². The normalized spacial score (nSPS) is 23.1. The van der Waals surface area contributed by atoms with Crippen LogP contribution in [0.5, 0.6) is 0 Å². The second-order valence-corrected chi connectivity index (χ2v) is 6.69. The molecule has 3 nitrogen and oxygen atoms in total. The largest absolute Gasteiger partial charge is 0.356 e. The van der Waals surface area contributed by atoms with Crippen LogP contribution in [0.2, 0.25) is 0 Å². The molecule has 5 heteroatoms. The highest BCUT2D eigenvalue weighted by atomic mass is 127. The van der Waals surface area contributed by atoms with Gasteiger partial charge in [0.15, 0.2) is 5.96 Å². The van der Waals surface area contributed by atoms with Crippen LogP contribution in [-0.4, -0.2) is 38.1 Å². The molecule has 0 heterocycles. The van der Waals surface area contributed by atoms with Gasteiger partial charge in [-0.1, -0.05) is 19.8 Å². The minimum atomic E-state index is 0. The van der Waals surface area contributed by atoms with Crippen molar-refractivity contribution in [2.75, 3.05) is 32.1 Å². The van der Waals surface area contributed by atoms with Crippen molar-refractivity contribution in [2.24, 2.45) is 16.8 Å². The van der Waals surface area contributed by atoms with Gasteiger partial charge in [0.2, 0.25) is 0 Å². The fourth-order valence-corrected chi connectivity index (χ4v) is 3.07. The van der Waals surface area contributed by atoms with Crippen LogP contribution in [-0.2, 0) is 0 Å². The van der Waals surface area contributed by atoms with E-state index in [0.29, 0.717) is 0 Å². The van der Waals surface area contributed by atoms with Gasteiger partial charge in [0, 0.05) is 20.1 Å². The van der Waals surface area contributed by atoms with E-state index in [2.05, 4.69) is 28.8 Å². The molecule has 0 bridgehead atoms. The lowest BCUT2D eigenvalue weighted by Crippen LogP contribution is -2.40. The highest BCUT2D eigenvalue weighted by Crippen LogP contribution is 2.27. The summed E-state index contributed by atoms with van der Waals surface area (Å²) in [6, 6.07) is 0. The average Bonchev–Trinajstić information content (AvgIpc) is 2.44. The quantitative estimate of drug-likeness (QED) is 0.289. The predicted octanol–water partition coefficient (Wildman–Crippen LogP) is 3.74. The van der Waals surface area contributed by atoms with E-state index in [-0.39, 0.29) is 24.0 Å². The van der Waals surface area contributed by atoms with Crippen LogP contribution in [0, 0.1) is 11.8 Å². The van der Waals surface area contributed by atoms with Gasteiger partial charge in [0.1, 0.15) is 0 Å². The highest BCUT2D eigenvalue weighted by Gasteiger charge is 2.18. The summed E-state index contributed by atoms with van der Waals surface area (Å²) in [4.78, 5) is 4.29. The second kappa shape index (κ2) is 13.0. The van der Waals surface area contributed by atoms with E-state index in [4.69, 9.17) is 0 Å². The third-order valence-electron chi connectivity index (χ3n) is 3.98. The van der Waals surface area contributed by atoms with Gasteiger partial charge in [-0.15, -0.1) is 24.0 Å². The first-order chi connectivity index (χ1) is 9.26. The molecule has 1 fully saturated rings. The molecule has 0 radical (unpaired) electrons. The fraction of sp³-hybridized carbons (Fsp3) is 0.933. The molecule has 0 aliphatic heterocycles. The number of nitrogens with one attached hydrogen (secondary N) is 2. The zero-order valence-corrected chi connectivity index (χ0v) is 16.4. The smallest absolute Gasteiger partial charge is 0.190 e. The lowest BCUT2D eigenvalue weighted by atomic mass is 9.83. The third kappa shape index (κ3) is 9.32. The molecule has 0 aromatic rings. The molecule has 120 valence electrons. The molecule has 1 rings (SSSR count). The van der Waals surface area contributed by atoms with Crippen molar-refractivity contribution in [2.45, 2.75) is 45.4 Å². The Morgan fingerprint density at radius 2 is 1.85 bits per heavy atom. The summed E-state index contributed by atoms with van der Waals surface area (Å²) >= 11 is 1.92. The van der Waals surface area contributed by atoms with Crippen molar-refractivity contribution in [3.63, 3.8) is 0 Å². The minimum Gasteiger partial charge on any atom is -0.356 e. The molecule has 0 amide bonds. The van der Waals surface area contributed by atoms with E-state index >= 15 is 0 Å². The molecule has 1 saturated carbocycles. The van der Waals surface area contributed by atoms with Crippen molar-refractivity contribution in [3.05, 3.63) is 0 Å². The second-order valence-electron chi connectivity index (χ2n) is 5.71. The van der Waals surface area contributed by atoms with Crippen molar-refractivity contribution in [1.82, 2.24) is 10.6 Å². The Morgan fingerprint density at radius 3 is 2.45 bits per heavy atom. The van der Waals surface area contributed by atoms with Gasteiger partial charge in [-0.25, -0.2) is 0 Å². The van der Waals surface area contributed by atoms with Crippen LogP contribution in [0.25, 0.3) is 0 Å². The van der Waals surface area contributed by atoms with Gasteiger partial charge in [0.25, 0.3) is 0 Å². The van der Waals surface area contributed by atoms with E-state index in [1.54, 1.807) is 0 Å². The molecule has 0 aromatic heterocycles. The summed E-state index contributed by atoms with van der Waals surface area (Å²) in [5, 5.41) is 6.88. The number of aliphatic imine (C=N–C) groups is 1. The van der Waals surface area contributed by atoms with Crippen LogP contribution >= 0.6 is 35.7 Å². The maximum absolute atomic E-state index is 4.29. The summed E-state index contributed by atoms with van der Waals surface area (Å²) in [7, 11) is 1.86. The monoisotopic (exact) mass is 413 g/mol. The number of unbranched alkanes of at least 4 members (excludes halogenated alkanes) is 1. The number of rotatable bonds is 7. The molecule has 2 N–H and O–H groups in total. The molecular weight excluding hydrogens is 381 g/mol. The van der Waals surface area contributed by atoms with Crippen molar-refractivity contribution >= 4 is 41.7 Å². The minimum absolute atomic E-state index is 0. The van der Waals surface area contributed by atoms with Gasteiger partial charge < -0.3 is 10.6 Å². The maximum atomic E-state index is 4.29. The zero-order chi connectivity index (χ0) is 13.9. The molecule has 0 spiro atoms. The van der Waals surface area contributed by atoms with Crippen LogP contribution in [0.4, 0.5) is 0 Å². The molecule has 0 atom stereocenters. The van der Waals surface area contributed by atoms with Crippen molar-refractivity contribution < 1.29 is 0 Å². The third-order valence-corrected chi connectivity index (χ3v) is 4.68. The van der Waals surface area contributed by atoms with Gasteiger partial charge in [-0.3, -0.25) is 4.99 Å². The number of halogens is 1. The Balaban J connectivity index is 0.00000361. The Hall–Kier alpha value is 0.350. The number of hydrogen-bond donors (Lipinski definition) is 2. The highest BCUT2D eigenvalue weighted by molar-refractivity contribution is 14.0. The van der Waals surface area contributed by atoms with E-state index in [9.17, 15) is 0 Å². The standard InChI is InChI=1S/C15H31N3S.HI/c1-13-6-8-14(9-7-13)12-18-15(16-2)17-10-4-5-11-19-3;/h13-14H,4-12H2,1-3H3,(H2,16,17,18);1H. The Labute approximate surface area is 146 Å². The van der Waals surface area contributed by atoms with Crippen LogP contribution in [0.1, 0.15) is 45.4 Å². The molecule has 1 aliphatic carbocycles. The van der Waals surface area contributed by atoms with E-state index in [1.165, 1.54) is 44.3 Å². The molecule has 1 aliphatic rings. The number of nitrogens with zero attached hydrogens (tertiary/aromatic N) is 1. The first-order valence-electron chi connectivity index (χ1n) is 7.69.